The maximum absolute atomic E-state index is 12.2. The van der Waals surface area contributed by atoms with Gasteiger partial charge >= 0.3 is 0 Å². The molecular formula is C15H15NO3. The van der Waals surface area contributed by atoms with E-state index in [4.69, 9.17) is 9.15 Å². The molecule has 98 valence electrons. The molecule has 2 fully saturated rings. The average molecular weight is 257 g/mol. The molecule has 4 heteroatoms. The van der Waals surface area contributed by atoms with Gasteiger partial charge in [-0.05, 0) is 25.0 Å². The van der Waals surface area contributed by atoms with Crippen molar-refractivity contribution in [1.82, 2.24) is 5.32 Å². The molecule has 1 aliphatic carbocycles. The van der Waals surface area contributed by atoms with Crippen LogP contribution in [0.5, 0.6) is 0 Å². The number of furan rings is 1. The van der Waals surface area contributed by atoms with Crippen molar-refractivity contribution in [2.24, 2.45) is 5.92 Å². The third kappa shape index (κ3) is 1.75. The van der Waals surface area contributed by atoms with E-state index >= 15 is 0 Å². The van der Waals surface area contributed by atoms with Crippen molar-refractivity contribution in [2.45, 2.75) is 25.0 Å². The molecular weight excluding hydrogens is 242 g/mol. The quantitative estimate of drug-likeness (QED) is 0.898. The normalized spacial score (nSPS) is 28.9. The van der Waals surface area contributed by atoms with Crippen LogP contribution in [-0.2, 0) is 4.74 Å². The summed E-state index contributed by atoms with van der Waals surface area (Å²) < 4.78 is 11.1. The zero-order chi connectivity index (χ0) is 12.8. The van der Waals surface area contributed by atoms with Crippen LogP contribution in [0.3, 0.4) is 0 Å². The van der Waals surface area contributed by atoms with E-state index in [1.165, 1.54) is 0 Å². The summed E-state index contributed by atoms with van der Waals surface area (Å²) in [5.41, 5.74) is 0.753. The van der Waals surface area contributed by atoms with Crippen LogP contribution in [0.15, 0.2) is 34.7 Å². The maximum Gasteiger partial charge on any atom is 0.287 e. The van der Waals surface area contributed by atoms with Crippen LogP contribution in [-0.4, -0.2) is 24.7 Å². The van der Waals surface area contributed by atoms with Gasteiger partial charge in [0, 0.05) is 24.0 Å². The molecule has 1 saturated heterocycles. The molecule has 0 spiro atoms. The number of carbonyl (C=O) groups excluding carboxylic acids is 1. The van der Waals surface area contributed by atoms with Gasteiger partial charge in [0.2, 0.25) is 0 Å². The summed E-state index contributed by atoms with van der Waals surface area (Å²) in [4.78, 5) is 12.2. The number of para-hydroxylation sites is 1. The monoisotopic (exact) mass is 257 g/mol. The lowest BCUT2D eigenvalue weighted by molar-refractivity contribution is 0.00775. The number of nitrogens with one attached hydrogen (secondary N) is 1. The molecule has 0 radical (unpaired) electrons. The van der Waals surface area contributed by atoms with Gasteiger partial charge in [-0.3, -0.25) is 4.79 Å². The fraction of sp³-hybridized carbons (Fsp3) is 0.400. The molecule has 1 amide bonds. The van der Waals surface area contributed by atoms with Crippen molar-refractivity contribution >= 4 is 16.9 Å². The molecule has 1 aromatic carbocycles. The molecule has 4 rings (SSSR count). The predicted molar refractivity (Wildman–Crippen MR) is 69.9 cm³/mol. The largest absolute Gasteiger partial charge is 0.451 e. The number of hydrogen-bond acceptors (Lipinski definition) is 3. The second kappa shape index (κ2) is 4.10. The molecule has 19 heavy (non-hydrogen) atoms. The first-order valence-electron chi connectivity index (χ1n) is 6.72. The molecule has 2 aromatic rings. The Morgan fingerprint density at radius 3 is 3.05 bits per heavy atom. The van der Waals surface area contributed by atoms with E-state index in [9.17, 15) is 4.79 Å². The third-order valence-electron chi connectivity index (χ3n) is 4.23. The first-order valence-corrected chi connectivity index (χ1v) is 6.72. The van der Waals surface area contributed by atoms with Crippen LogP contribution in [0, 0.1) is 5.92 Å². The van der Waals surface area contributed by atoms with Crippen molar-refractivity contribution < 1.29 is 13.9 Å². The van der Waals surface area contributed by atoms with Gasteiger partial charge < -0.3 is 14.5 Å². The van der Waals surface area contributed by atoms with Crippen LogP contribution in [0.25, 0.3) is 11.0 Å². The number of fused-ring (bicyclic) bond motifs is 2. The SMILES string of the molecule is O=C(N[C@H]1C[C@@H]2OCC[C@H]12)c1cc2ccccc2o1. The summed E-state index contributed by atoms with van der Waals surface area (Å²) in [6, 6.07) is 9.70. The van der Waals surface area contributed by atoms with Crippen LogP contribution >= 0.6 is 0 Å². The molecule has 1 aliphatic heterocycles. The average Bonchev–Trinajstić information content (AvgIpc) is 2.99. The lowest BCUT2D eigenvalue weighted by atomic mass is 9.76. The fourth-order valence-corrected chi connectivity index (χ4v) is 3.10. The van der Waals surface area contributed by atoms with E-state index in [0.717, 1.165) is 30.4 Å². The summed E-state index contributed by atoms with van der Waals surface area (Å²) in [6.07, 6.45) is 2.34. The molecule has 1 aromatic heterocycles. The highest BCUT2D eigenvalue weighted by molar-refractivity contribution is 5.96. The zero-order valence-corrected chi connectivity index (χ0v) is 10.5. The molecule has 0 bridgehead atoms. The summed E-state index contributed by atoms with van der Waals surface area (Å²) >= 11 is 0. The first kappa shape index (κ1) is 11.1. The topological polar surface area (TPSA) is 51.5 Å². The van der Waals surface area contributed by atoms with Crippen LogP contribution in [0.1, 0.15) is 23.4 Å². The van der Waals surface area contributed by atoms with E-state index in [-0.39, 0.29) is 11.9 Å². The summed E-state index contributed by atoms with van der Waals surface area (Å²) in [5.74, 6) is 0.767. The van der Waals surface area contributed by atoms with Crippen molar-refractivity contribution in [1.29, 1.82) is 0 Å². The minimum atomic E-state index is -0.119. The highest BCUT2D eigenvalue weighted by Crippen LogP contribution is 2.38. The highest BCUT2D eigenvalue weighted by atomic mass is 16.5. The van der Waals surface area contributed by atoms with Crippen LogP contribution in [0.4, 0.5) is 0 Å². The number of carbonyl (C=O) groups is 1. The molecule has 0 unspecified atom stereocenters. The number of amides is 1. The Hall–Kier alpha value is -1.81. The summed E-state index contributed by atoms with van der Waals surface area (Å²) in [5, 5.41) is 4.01. The number of rotatable bonds is 2. The molecule has 3 atom stereocenters. The van der Waals surface area contributed by atoms with Gasteiger partial charge in [-0.2, -0.15) is 0 Å². The Balaban J connectivity index is 1.51. The Bertz CT molecular complexity index is 600. The maximum atomic E-state index is 12.2. The van der Waals surface area contributed by atoms with Gasteiger partial charge in [0.15, 0.2) is 5.76 Å². The standard InChI is InChI=1S/C15H15NO3/c17-15(16-11-8-13-10(11)5-6-18-13)14-7-9-3-1-2-4-12(9)19-14/h1-4,7,10-11,13H,5-6,8H2,(H,16,17)/t10-,11+,13+/m1/s1. The summed E-state index contributed by atoms with van der Waals surface area (Å²) in [6.45, 7) is 0.826. The molecule has 2 heterocycles. The Morgan fingerprint density at radius 1 is 1.32 bits per heavy atom. The zero-order valence-electron chi connectivity index (χ0n) is 10.5. The van der Waals surface area contributed by atoms with Crippen molar-refractivity contribution in [2.75, 3.05) is 6.61 Å². The lowest BCUT2D eigenvalue weighted by Gasteiger charge is -2.39. The summed E-state index contributed by atoms with van der Waals surface area (Å²) in [7, 11) is 0. The van der Waals surface area contributed by atoms with Gasteiger partial charge in [-0.15, -0.1) is 0 Å². The van der Waals surface area contributed by atoms with E-state index in [0.29, 0.717) is 17.8 Å². The smallest absolute Gasteiger partial charge is 0.287 e. The number of ether oxygens (including phenoxy) is 1. The second-order valence-electron chi connectivity index (χ2n) is 5.33. The Morgan fingerprint density at radius 2 is 2.21 bits per heavy atom. The van der Waals surface area contributed by atoms with E-state index in [1.54, 1.807) is 6.07 Å². The number of hydrogen-bond donors (Lipinski definition) is 1. The van der Waals surface area contributed by atoms with Crippen LogP contribution in [0.2, 0.25) is 0 Å². The van der Waals surface area contributed by atoms with E-state index in [2.05, 4.69) is 5.32 Å². The second-order valence-corrected chi connectivity index (χ2v) is 5.33. The van der Waals surface area contributed by atoms with E-state index < -0.39 is 0 Å². The Kier molecular flexibility index (Phi) is 2.38. The van der Waals surface area contributed by atoms with Gasteiger partial charge in [0.05, 0.1) is 6.10 Å². The minimum Gasteiger partial charge on any atom is -0.451 e. The van der Waals surface area contributed by atoms with Crippen molar-refractivity contribution in [3.63, 3.8) is 0 Å². The minimum absolute atomic E-state index is 0.119. The van der Waals surface area contributed by atoms with Crippen LogP contribution < -0.4 is 5.32 Å². The van der Waals surface area contributed by atoms with E-state index in [1.807, 2.05) is 24.3 Å². The van der Waals surface area contributed by atoms with Crippen molar-refractivity contribution in [3.05, 3.63) is 36.1 Å². The van der Waals surface area contributed by atoms with Crippen molar-refractivity contribution in [3.8, 4) is 0 Å². The first-order chi connectivity index (χ1) is 9.31. The molecule has 1 saturated carbocycles. The van der Waals surface area contributed by atoms with Gasteiger partial charge in [-0.25, -0.2) is 0 Å². The Labute approximate surface area is 110 Å². The highest BCUT2D eigenvalue weighted by Gasteiger charge is 2.45. The third-order valence-corrected chi connectivity index (χ3v) is 4.23. The van der Waals surface area contributed by atoms with Gasteiger partial charge in [0.1, 0.15) is 5.58 Å². The number of benzene rings is 1. The molecule has 2 aliphatic rings. The molecule has 1 N–H and O–H groups in total. The van der Waals surface area contributed by atoms with Gasteiger partial charge in [0.25, 0.3) is 5.91 Å². The lowest BCUT2D eigenvalue weighted by Crippen LogP contribution is -2.53. The van der Waals surface area contributed by atoms with Gasteiger partial charge in [-0.1, -0.05) is 18.2 Å². The predicted octanol–water partition coefficient (Wildman–Crippen LogP) is 2.34. The fourth-order valence-electron chi connectivity index (χ4n) is 3.10. The molecule has 4 nitrogen and oxygen atoms in total.